The molecule has 12 heteroatoms. The Labute approximate surface area is 221 Å². The third-order valence-corrected chi connectivity index (χ3v) is 6.35. The SMILES string of the molecule is CC(C)C[C@H](NC(=O)[C@@H](NC(=O)c1ccc([N+](=O)[O-])cc1)C(C)C)C(=O)N[C@H](C=O)C[C@@H]1CCCNC1=O. The van der Waals surface area contributed by atoms with E-state index in [1.54, 1.807) is 13.8 Å². The Morgan fingerprint density at radius 1 is 1.08 bits per heavy atom. The van der Waals surface area contributed by atoms with Crippen molar-refractivity contribution in [3.05, 3.63) is 39.9 Å². The molecule has 1 heterocycles. The molecule has 1 aliphatic heterocycles. The first kappa shape index (κ1) is 30.4. The highest BCUT2D eigenvalue weighted by Gasteiger charge is 2.32. The molecule has 0 spiro atoms. The Hall–Kier alpha value is -3.83. The fraction of sp³-hybridized carbons (Fsp3) is 0.577. The fourth-order valence-electron chi connectivity index (χ4n) is 4.26. The van der Waals surface area contributed by atoms with E-state index >= 15 is 0 Å². The van der Waals surface area contributed by atoms with Crippen LogP contribution in [-0.2, 0) is 19.2 Å². The number of carbonyl (C=O) groups is 5. The molecule has 1 saturated heterocycles. The lowest BCUT2D eigenvalue weighted by atomic mass is 9.91. The first-order valence-corrected chi connectivity index (χ1v) is 12.8. The average molecular weight is 532 g/mol. The van der Waals surface area contributed by atoms with Gasteiger partial charge in [-0.15, -0.1) is 0 Å². The van der Waals surface area contributed by atoms with E-state index in [1.165, 1.54) is 24.3 Å². The van der Waals surface area contributed by atoms with E-state index in [-0.39, 0.29) is 47.8 Å². The van der Waals surface area contributed by atoms with Crippen LogP contribution in [0.5, 0.6) is 0 Å². The van der Waals surface area contributed by atoms with E-state index in [0.29, 0.717) is 19.3 Å². The highest BCUT2D eigenvalue weighted by molar-refractivity contribution is 5.98. The summed E-state index contributed by atoms with van der Waals surface area (Å²) in [5, 5.41) is 21.6. The number of benzene rings is 1. The number of rotatable bonds is 13. The van der Waals surface area contributed by atoms with Crippen LogP contribution in [0.1, 0.15) is 63.7 Å². The molecule has 0 aromatic heterocycles. The van der Waals surface area contributed by atoms with Gasteiger partial charge in [-0.05, 0) is 49.7 Å². The van der Waals surface area contributed by atoms with Gasteiger partial charge in [0.1, 0.15) is 18.4 Å². The van der Waals surface area contributed by atoms with Crippen LogP contribution >= 0.6 is 0 Å². The van der Waals surface area contributed by atoms with E-state index < -0.39 is 40.8 Å². The van der Waals surface area contributed by atoms with Crippen molar-refractivity contribution in [2.45, 2.75) is 71.5 Å². The zero-order valence-corrected chi connectivity index (χ0v) is 22.2. The van der Waals surface area contributed by atoms with Crippen molar-refractivity contribution < 1.29 is 28.9 Å². The lowest BCUT2D eigenvalue weighted by molar-refractivity contribution is -0.384. The number of non-ortho nitro benzene ring substituents is 1. The fourth-order valence-corrected chi connectivity index (χ4v) is 4.26. The number of nitrogens with zero attached hydrogens (tertiary/aromatic N) is 1. The molecule has 1 aromatic rings. The predicted octanol–water partition coefficient (Wildman–Crippen LogP) is 1.48. The van der Waals surface area contributed by atoms with E-state index in [9.17, 15) is 34.1 Å². The molecule has 1 aromatic carbocycles. The summed E-state index contributed by atoms with van der Waals surface area (Å²) < 4.78 is 0. The zero-order chi connectivity index (χ0) is 28.4. The molecule has 12 nitrogen and oxygen atoms in total. The number of carbonyl (C=O) groups excluding carboxylic acids is 5. The first-order chi connectivity index (χ1) is 17.9. The average Bonchev–Trinajstić information content (AvgIpc) is 2.86. The molecular formula is C26H37N5O7. The summed E-state index contributed by atoms with van der Waals surface area (Å²) in [6.45, 7) is 7.82. The van der Waals surface area contributed by atoms with E-state index in [1.807, 2.05) is 13.8 Å². The highest BCUT2D eigenvalue weighted by atomic mass is 16.6. The van der Waals surface area contributed by atoms with Crippen LogP contribution < -0.4 is 21.3 Å². The number of hydrogen-bond acceptors (Lipinski definition) is 7. The van der Waals surface area contributed by atoms with Crippen LogP contribution in [-0.4, -0.2) is 59.5 Å². The minimum Gasteiger partial charge on any atom is -0.356 e. The second-order valence-corrected chi connectivity index (χ2v) is 10.3. The largest absolute Gasteiger partial charge is 0.356 e. The van der Waals surface area contributed by atoms with Crippen LogP contribution in [0.4, 0.5) is 5.69 Å². The van der Waals surface area contributed by atoms with Gasteiger partial charge in [0.05, 0.1) is 11.0 Å². The number of nitrogens with one attached hydrogen (secondary N) is 4. The highest BCUT2D eigenvalue weighted by Crippen LogP contribution is 2.17. The Balaban J connectivity index is 2.09. The van der Waals surface area contributed by atoms with Crippen LogP contribution in [0.15, 0.2) is 24.3 Å². The second kappa shape index (κ2) is 14.2. The molecule has 0 aliphatic carbocycles. The number of amides is 4. The summed E-state index contributed by atoms with van der Waals surface area (Å²) in [6.07, 6.45) is 2.47. The van der Waals surface area contributed by atoms with Gasteiger partial charge in [0, 0.05) is 30.2 Å². The standard InChI is InChI=1S/C26H37N5O7/c1-15(2)12-21(25(35)28-19(14-32)13-18-6-5-11-27-23(18)33)29-26(36)22(16(3)4)30-24(34)17-7-9-20(10-8-17)31(37)38/h7-10,14-16,18-19,21-22H,5-6,11-13H2,1-4H3,(H,27,33)(H,28,35)(H,29,36)(H,30,34)/t18-,19-,21-,22-/m0/s1. The Morgan fingerprint density at radius 3 is 2.26 bits per heavy atom. The van der Waals surface area contributed by atoms with Crippen LogP contribution in [0.3, 0.4) is 0 Å². The number of nitro groups is 1. The van der Waals surface area contributed by atoms with Crippen LogP contribution in [0.25, 0.3) is 0 Å². The normalized spacial score (nSPS) is 17.6. The molecule has 4 amide bonds. The second-order valence-electron chi connectivity index (χ2n) is 10.3. The third-order valence-electron chi connectivity index (χ3n) is 6.35. The molecule has 0 bridgehead atoms. The predicted molar refractivity (Wildman–Crippen MR) is 139 cm³/mol. The molecule has 2 rings (SSSR count). The van der Waals surface area contributed by atoms with E-state index in [0.717, 1.165) is 6.42 Å². The summed E-state index contributed by atoms with van der Waals surface area (Å²) in [6, 6.07) is 2.14. The van der Waals surface area contributed by atoms with Crippen molar-refractivity contribution in [1.82, 2.24) is 21.3 Å². The summed E-state index contributed by atoms with van der Waals surface area (Å²) in [7, 11) is 0. The van der Waals surface area contributed by atoms with Gasteiger partial charge in [0.15, 0.2) is 0 Å². The Morgan fingerprint density at radius 2 is 1.74 bits per heavy atom. The van der Waals surface area contributed by atoms with Crippen LogP contribution in [0.2, 0.25) is 0 Å². The lowest BCUT2D eigenvalue weighted by Crippen LogP contribution is -2.57. The molecule has 0 unspecified atom stereocenters. The Bertz CT molecular complexity index is 1030. The van der Waals surface area contributed by atoms with Gasteiger partial charge < -0.3 is 26.1 Å². The van der Waals surface area contributed by atoms with Crippen molar-refractivity contribution in [2.24, 2.45) is 17.8 Å². The van der Waals surface area contributed by atoms with Crippen molar-refractivity contribution in [2.75, 3.05) is 6.54 Å². The maximum atomic E-state index is 13.2. The molecule has 4 atom stereocenters. The minimum absolute atomic E-state index is 0.0250. The van der Waals surface area contributed by atoms with Gasteiger partial charge in [0.25, 0.3) is 11.6 Å². The maximum Gasteiger partial charge on any atom is 0.269 e. The van der Waals surface area contributed by atoms with Gasteiger partial charge in [-0.3, -0.25) is 29.3 Å². The minimum atomic E-state index is -0.993. The van der Waals surface area contributed by atoms with Crippen molar-refractivity contribution >= 4 is 35.6 Å². The molecule has 1 aliphatic rings. The van der Waals surface area contributed by atoms with E-state index in [4.69, 9.17) is 0 Å². The number of nitro benzene ring substituents is 1. The summed E-state index contributed by atoms with van der Waals surface area (Å²) in [4.78, 5) is 73.1. The van der Waals surface area contributed by atoms with Crippen LogP contribution in [0, 0.1) is 27.9 Å². The van der Waals surface area contributed by atoms with E-state index in [2.05, 4.69) is 21.3 Å². The van der Waals surface area contributed by atoms with Gasteiger partial charge in [-0.25, -0.2) is 0 Å². The molecule has 208 valence electrons. The smallest absolute Gasteiger partial charge is 0.269 e. The molecule has 1 fully saturated rings. The topological polar surface area (TPSA) is 177 Å². The number of hydrogen-bond donors (Lipinski definition) is 4. The van der Waals surface area contributed by atoms with Crippen molar-refractivity contribution in [3.8, 4) is 0 Å². The van der Waals surface area contributed by atoms with Gasteiger partial charge in [0.2, 0.25) is 17.7 Å². The quantitative estimate of drug-likeness (QED) is 0.169. The van der Waals surface area contributed by atoms with Gasteiger partial charge >= 0.3 is 0 Å². The number of piperidine rings is 1. The summed E-state index contributed by atoms with van der Waals surface area (Å²) in [5.74, 6) is -2.56. The summed E-state index contributed by atoms with van der Waals surface area (Å²) in [5.41, 5.74) is -0.0221. The van der Waals surface area contributed by atoms with Gasteiger partial charge in [-0.2, -0.15) is 0 Å². The lowest BCUT2D eigenvalue weighted by Gasteiger charge is -2.28. The monoisotopic (exact) mass is 531 g/mol. The maximum absolute atomic E-state index is 13.2. The number of aldehydes is 1. The Kier molecular flexibility index (Phi) is 11.4. The summed E-state index contributed by atoms with van der Waals surface area (Å²) >= 11 is 0. The van der Waals surface area contributed by atoms with Crippen molar-refractivity contribution in [1.29, 1.82) is 0 Å². The van der Waals surface area contributed by atoms with Gasteiger partial charge in [-0.1, -0.05) is 27.7 Å². The molecule has 4 N–H and O–H groups in total. The molecule has 38 heavy (non-hydrogen) atoms. The third kappa shape index (κ3) is 8.93. The van der Waals surface area contributed by atoms with Crippen molar-refractivity contribution in [3.63, 3.8) is 0 Å². The molecular weight excluding hydrogens is 494 g/mol. The zero-order valence-electron chi connectivity index (χ0n) is 22.2. The molecule has 0 radical (unpaired) electrons. The molecule has 0 saturated carbocycles. The first-order valence-electron chi connectivity index (χ1n) is 12.8.